The lowest BCUT2D eigenvalue weighted by Crippen LogP contribution is -2.42. The van der Waals surface area contributed by atoms with Crippen LogP contribution in [0.25, 0.3) is 0 Å². The molecule has 1 heterocycles. The molecule has 6 nitrogen and oxygen atoms in total. The summed E-state index contributed by atoms with van der Waals surface area (Å²) >= 11 is 0. The van der Waals surface area contributed by atoms with Crippen molar-refractivity contribution in [2.75, 3.05) is 19.3 Å². The minimum Gasteiger partial charge on any atom is -0.272 e. The first-order chi connectivity index (χ1) is 9.97. The molecule has 1 N–H and O–H groups in total. The van der Waals surface area contributed by atoms with Crippen LogP contribution >= 0.6 is 0 Å². The van der Waals surface area contributed by atoms with Crippen LogP contribution in [0.1, 0.15) is 18.4 Å². The first-order valence-electron chi connectivity index (χ1n) is 6.87. The summed E-state index contributed by atoms with van der Waals surface area (Å²) in [5, 5.41) is 0. The number of amides is 1. The van der Waals surface area contributed by atoms with Gasteiger partial charge in [-0.15, -0.1) is 0 Å². The van der Waals surface area contributed by atoms with E-state index in [0.717, 1.165) is 5.56 Å². The number of rotatable bonds is 5. The molecule has 1 aliphatic rings. The van der Waals surface area contributed by atoms with Crippen LogP contribution in [-0.4, -0.2) is 38.0 Å². The molecule has 0 spiro atoms. The zero-order valence-electron chi connectivity index (χ0n) is 12.0. The zero-order chi connectivity index (χ0) is 15.3. The summed E-state index contributed by atoms with van der Waals surface area (Å²) in [7, 11) is -3.16. The summed E-state index contributed by atoms with van der Waals surface area (Å²) in [4.78, 5) is 17.1. The van der Waals surface area contributed by atoms with Crippen molar-refractivity contribution in [1.82, 2.24) is 9.79 Å². The Morgan fingerprint density at radius 1 is 1.29 bits per heavy atom. The number of benzene rings is 1. The van der Waals surface area contributed by atoms with Crippen LogP contribution in [0.2, 0.25) is 0 Å². The molecule has 116 valence electrons. The number of nitrogens with zero attached hydrogens (tertiary/aromatic N) is 1. The van der Waals surface area contributed by atoms with E-state index in [0.29, 0.717) is 32.5 Å². The average Bonchev–Trinajstić information content (AvgIpc) is 2.47. The zero-order valence-corrected chi connectivity index (χ0v) is 12.8. The van der Waals surface area contributed by atoms with Crippen LogP contribution in [0.5, 0.6) is 0 Å². The maximum Gasteiger partial charge on any atom is 0.246 e. The molecule has 0 bridgehead atoms. The molecule has 0 atom stereocenters. The van der Waals surface area contributed by atoms with Gasteiger partial charge in [0, 0.05) is 19.0 Å². The first-order valence-corrected chi connectivity index (χ1v) is 8.72. The molecule has 1 fully saturated rings. The van der Waals surface area contributed by atoms with E-state index >= 15 is 0 Å². The fraction of sp³-hybridized carbons (Fsp3) is 0.500. The van der Waals surface area contributed by atoms with Crippen molar-refractivity contribution in [3.8, 4) is 0 Å². The standard InChI is InChI=1S/C14H20N2O4S/c1-21(18,19)16-9-7-13(8-10-16)14(17)15-20-11-12-5-3-2-4-6-12/h2-6,13H,7-11H2,1H3,(H,15,17). The van der Waals surface area contributed by atoms with E-state index < -0.39 is 10.0 Å². The molecular weight excluding hydrogens is 292 g/mol. The van der Waals surface area contributed by atoms with Crippen molar-refractivity contribution in [2.45, 2.75) is 19.4 Å². The highest BCUT2D eigenvalue weighted by molar-refractivity contribution is 7.88. The number of hydrogen-bond donors (Lipinski definition) is 1. The Balaban J connectivity index is 1.73. The second-order valence-corrected chi connectivity index (χ2v) is 7.16. The van der Waals surface area contributed by atoms with Crippen LogP contribution in [0.4, 0.5) is 0 Å². The van der Waals surface area contributed by atoms with Crippen LogP contribution < -0.4 is 5.48 Å². The van der Waals surface area contributed by atoms with Gasteiger partial charge in [0.15, 0.2) is 0 Å². The van der Waals surface area contributed by atoms with Crippen molar-refractivity contribution >= 4 is 15.9 Å². The summed E-state index contributed by atoms with van der Waals surface area (Å²) in [6.07, 6.45) is 2.23. The fourth-order valence-electron chi connectivity index (χ4n) is 2.30. The predicted molar refractivity (Wildman–Crippen MR) is 78.5 cm³/mol. The van der Waals surface area contributed by atoms with Gasteiger partial charge in [-0.1, -0.05) is 30.3 Å². The van der Waals surface area contributed by atoms with Crippen molar-refractivity contribution in [3.05, 3.63) is 35.9 Å². The van der Waals surface area contributed by atoms with Crippen molar-refractivity contribution in [3.63, 3.8) is 0 Å². The molecule has 1 aromatic carbocycles. The normalized spacial score (nSPS) is 17.6. The highest BCUT2D eigenvalue weighted by Gasteiger charge is 2.28. The Morgan fingerprint density at radius 2 is 1.90 bits per heavy atom. The molecule has 2 rings (SSSR count). The van der Waals surface area contributed by atoms with Gasteiger partial charge in [-0.3, -0.25) is 9.63 Å². The van der Waals surface area contributed by atoms with Crippen molar-refractivity contribution in [2.24, 2.45) is 5.92 Å². The Bertz CT molecular complexity index is 566. The third-order valence-electron chi connectivity index (χ3n) is 3.55. The van der Waals surface area contributed by atoms with E-state index in [1.54, 1.807) is 0 Å². The lowest BCUT2D eigenvalue weighted by molar-refractivity contribution is -0.140. The number of piperidine rings is 1. The summed E-state index contributed by atoms with van der Waals surface area (Å²) in [5.41, 5.74) is 3.42. The quantitative estimate of drug-likeness (QED) is 0.820. The molecule has 0 aliphatic carbocycles. The molecule has 0 saturated carbocycles. The highest BCUT2D eigenvalue weighted by atomic mass is 32.2. The lowest BCUT2D eigenvalue weighted by atomic mass is 9.98. The molecule has 7 heteroatoms. The van der Waals surface area contributed by atoms with Gasteiger partial charge in [0.25, 0.3) is 0 Å². The SMILES string of the molecule is CS(=O)(=O)N1CCC(C(=O)NOCc2ccccc2)CC1. The highest BCUT2D eigenvalue weighted by Crippen LogP contribution is 2.19. The van der Waals surface area contributed by atoms with Gasteiger partial charge in [0.05, 0.1) is 12.9 Å². The number of hydrogen-bond acceptors (Lipinski definition) is 4. The number of sulfonamides is 1. The minimum atomic E-state index is -3.16. The van der Waals surface area contributed by atoms with Crippen LogP contribution in [0.15, 0.2) is 30.3 Å². The molecule has 1 aliphatic heterocycles. The van der Waals surface area contributed by atoms with Crippen molar-refractivity contribution < 1.29 is 18.0 Å². The number of nitrogens with one attached hydrogen (secondary N) is 1. The third kappa shape index (κ3) is 4.80. The fourth-order valence-corrected chi connectivity index (χ4v) is 3.17. The molecular formula is C14H20N2O4S. The van der Waals surface area contributed by atoms with E-state index in [-0.39, 0.29) is 11.8 Å². The van der Waals surface area contributed by atoms with Gasteiger partial charge in [-0.05, 0) is 18.4 Å². The third-order valence-corrected chi connectivity index (χ3v) is 4.85. The topological polar surface area (TPSA) is 75.7 Å². The number of hydroxylamine groups is 1. The molecule has 0 aromatic heterocycles. The largest absolute Gasteiger partial charge is 0.272 e. The van der Waals surface area contributed by atoms with Crippen molar-refractivity contribution in [1.29, 1.82) is 0 Å². The smallest absolute Gasteiger partial charge is 0.246 e. The van der Waals surface area contributed by atoms with Crippen LogP contribution in [0, 0.1) is 5.92 Å². The summed E-state index contributed by atoms with van der Waals surface area (Å²) in [6, 6.07) is 9.55. The number of carbonyl (C=O) groups excluding carboxylic acids is 1. The summed E-state index contributed by atoms with van der Waals surface area (Å²) in [6.45, 7) is 1.08. The van der Waals surface area contributed by atoms with E-state index in [4.69, 9.17) is 4.84 Å². The number of carbonyl (C=O) groups is 1. The minimum absolute atomic E-state index is 0.181. The Kier molecular flexibility index (Phi) is 5.33. The second kappa shape index (κ2) is 7.02. The molecule has 1 aromatic rings. The van der Waals surface area contributed by atoms with Gasteiger partial charge in [-0.25, -0.2) is 18.2 Å². The monoisotopic (exact) mass is 312 g/mol. The van der Waals surface area contributed by atoms with Gasteiger partial charge in [-0.2, -0.15) is 0 Å². The average molecular weight is 312 g/mol. The first kappa shape index (κ1) is 15.9. The summed E-state index contributed by atoms with van der Waals surface area (Å²) < 4.78 is 24.2. The van der Waals surface area contributed by atoms with E-state index in [1.807, 2.05) is 30.3 Å². The molecule has 0 unspecified atom stereocenters. The molecule has 1 saturated heterocycles. The Hall–Kier alpha value is -1.44. The summed E-state index contributed by atoms with van der Waals surface area (Å²) in [5.74, 6) is -0.377. The molecule has 1 amide bonds. The predicted octanol–water partition coefficient (Wildman–Crippen LogP) is 0.906. The molecule has 21 heavy (non-hydrogen) atoms. The van der Waals surface area contributed by atoms with Gasteiger partial charge < -0.3 is 0 Å². The van der Waals surface area contributed by atoms with E-state index in [2.05, 4.69) is 5.48 Å². The van der Waals surface area contributed by atoms with Gasteiger partial charge in [0.2, 0.25) is 15.9 Å². The van der Waals surface area contributed by atoms with Gasteiger partial charge in [0.1, 0.15) is 0 Å². The van der Waals surface area contributed by atoms with Crippen LogP contribution in [-0.2, 0) is 26.3 Å². The Labute approximate surface area is 125 Å². The van der Waals surface area contributed by atoms with E-state index in [1.165, 1.54) is 10.6 Å². The maximum atomic E-state index is 11.9. The second-order valence-electron chi connectivity index (χ2n) is 5.18. The lowest BCUT2D eigenvalue weighted by Gasteiger charge is -2.29. The maximum absolute atomic E-state index is 11.9. The van der Waals surface area contributed by atoms with Crippen LogP contribution in [0.3, 0.4) is 0 Å². The van der Waals surface area contributed by atoms with Gasteiger partial charge >= 0.3 is 0 Å². The Morgan fingerprint density at radius 3 is 2.48 bits per heavy atom. The van der Waals surface area contributed by atoms with E-state index in [9.17, 15) is 13.2 Å². The molecule has 0 radical (unpaired) electrons.